The fourth-order valence-electron chi connectivity index (χ4n) is 1.90. The smallest absolute Gasteiger partial charge is 0.0655 e. The summed E-state index contributed by atoms with van der Waals surface area (Å²) in [4.78, 5) is 0. The summed E-state index contributed by atoms with van der Waals surface area (Å²) in [5.41, 5.74) is 0. The summed E-state index contributed by atoms with van der Waals surface area (Å²) in [5.74, 6) is 0.330. The average Bonchev–Trinajstić information content (AvgIpc) is 2.27. The van der Waals surface area contributed by atoms with E-state index in [0.717, 1.165) is 12.8 Å². The van der Waals surface area contributed by atoms with Gasteiger partial charge in [0.25, 0.3) is 0 Å². The van der Waals surface area contributed by atoms with Gasteiger partial charge in [-0.3, -0.25) is 0 Å². The van der Waals surface area contributed by atoms with Crippen LogP contribution < -0.4 is 0 Å². The summed E-state index contributed by atoms with van der Waals surface area (Å²) in [6, 6.07) is 2.44. The summed E-state index contributed by atoms with van der Waals surface area (Å²) in [6.07, 6.45) is 12.7. The van der Waals surface area contributed by atoms with Crippen LogP contribution in [0.1, 0.15) is 78.1 Å². The van der Waals surface area contributed by atoms with Crippen molar-refractivity contribution in [1.29, 1.82) is 5.26 Å². The summed E-state index contributed by atoms with van der Waals surface area (Å²) in [6.45, 7) is 4.44. The van der Waals surface area contributed by atoms with E-state index in [0.29, 0.717) is 5.92 Å². The quantitative estimate of drug-likeness (QED) is 0.461. The van der Waals surface area contributed by atoms with Crippen LogP contribution in [-0.4, -0.2) is 0 Å². The molecule has 15 heavy (non-hydrogen) atoms. The van der Waals surface area contributed by atoms with Crippen molar-refractivity contribution in [3.63, 3.8) is 0 Å². The number of nitrogens with zero attached hydrogens (tertiary/aromatic N) is 1. The van der Waals surface area contributed by atoms with Crippen LogP contribution in [0.15, 0.2) is 0 Å². The normalized spacial score (nSPS) is 12.3. The zero-order valence-electron chi connectivity index (χ0n) is 10.6. The molecule has 0 saturated carbocycles. The fourth-order valence-corrected chi connectivity index (χ4v) is 1.90. The predicted molar refractivity (Wildman–Crippen MR) is 66.6 cm³/mol. The van der Waals surface area contributed by atoms with E-state index in [1.807, 2.05) is 0 Å². The molecule has 0 aromatic rings. The Labute approximate surface area is 95.9 Å². The lowest BCUT2D eigenvalue weighted by atomic mass is 9.96. The number of rotatable bonds is 10. The van der Waals surface area contributed by atoms with Crippen LogP contribution in [0.3, 0.4) is 0 Å². The molecule has 0 aliphatic heterocycles. The number of nitriles is 1. The second-order valence-electron chi connectivity index (χ2n) is 4.52. The minimum Gasteiger partial charge on any atom is -0.198 e. The first-order chi connectivity index (χ1) is 7.35. The maximum atomic E-state index is 8.94. The van der Waals surface area contributed by atoms with Gasteiger partial charge in [0.05, 0.1) is 6.07 Å². The van der Waals surface area contributed by atoms with Crippen LogP contribution in [0.2, 0.25) is 0 Å². The molecular weight excluding hydrogens is 182 g/mol. The van der Waals surface area contributed by atoms with Gasteiger partial charge >= 0.3 is 0 Å². The zero-order valence-corrected chi connectivity index (χ0v) is 10.6. The Morgan fingerprint density at radius 1 is 0.800 bits per heavy atom. The van der Waals surface area contributed by atoms with E-state index < -0.39 is 0 Å². The van der Waals surface area contributed by atoms with Crippen LogP contribution in [-0.2, 0) is 0 Å². The highest BCUT2D eigenvalue weighted by Gasteiger charge is 2.05. The first-order valence-corrected chi connectivity index (χ1v) is 6.74. The van der Waals surface area contributed by atoms with E-state index in [1.165, 1.54) is 51.4 Å². The number of hydrogen-bond acceptors (Lipinski definition) is 1. The minimum absolute atomic E-state index is 0.330. The highest BCUT2D eigenvalue weighted by atomic mass is 14.3. The average molecular weight is 209 g/mol. The monoisotopic (exact) mass is 209 g/mol. The van der Waals surface area contributed by atoms with Crippen molar-refractivity contribution in [3.05, 3.63) is 0 Å². The molecule has 0 spiro atoms. The standard InChI is InChI=1S/C14H27N/c1-3-5-7-8-9-10-12-14(13-15)11-6-4-2/h14H,3-12H2,1-2H3. The molecule has 0 aromatic heterocycles. The van der Waals surface area contributed by atoms with Gasteiger partial charge < -0.3 is 0 Å². The molecule has 0 radical (unpaired) electrons. The first kappa shape index (κ1) is 14.5. The second kappa shape index (κ2) is 11.6. The van der Waals surface area contributed by atoms with E-state index in [2.05, 4.69) is 19.9 Å². The third-order valence-electron chi connectivity index (χ3n) is 2.99. The zero-order chi connectivity index (χ0) is 11.4. The molecule has 0 amide bonds. The van der Waals surface area contributed by atoms with Gasteiger partial charge in [-0.15, -0.1) is 0 Å². The van der Waals surface area contributed by atoms with E-state index >= 15 is 0 Å². The molecule has 0 fully saturated rings. The van der Waals surface area contributed by atoms with Gasteiger partial charge in [-0.05, 0) is 12.8 Å². The molecular formula is C14H27N. The Hall–Kier alpha value is -0.510. The van der Waals surface area contributed by atoms with Gasteiger partial charge in [-0.1, -0.05) is 65.2 Å². The Bertz CT molecular complexity index is 157. The summed E-state index contributed by atoms with van der Waals surface area (Å²) in [7, 11) is 0. The Morgan fingerprint density at radius 3 is 1.93 bits per heavy atom. The van der Waals surface area contributed by atoms with Crippen molar-refractivity contribution in [3.8, 4) is 6.07 Å². The highest BCUT2D eigenvalue weighted by Crippen LogP contribution is 2.16. The van der Waals surface area contributed by atoms with Gasteiger partial charge in [0.15, 0.2) is 0 Å². The molecule has 0 rings (SSSR count). The lowest BCUT2D eigenvalue weighted by molar-refractivity contribution is 0.486. The molecule has 0 aliphatic rings. The predicted octanol–water partition coefficient (Wildman–Crippen LogP) is 5.07. The maximum absolute atomic E-state index is 8.94. The van der Waals surface area contributed by atoms with Gasteiger partial charge in [-0.2, -0.15) is 5.26 Å². The molecule has 88 valence electrons. The summed E-state index contributed by atoms with van der Waals surface area (Å²) >= 11 is 0. The van der Waals surface area contributed by atoms with E-state index in [-0.39, 0.29) is 0 Å². The van der Waals surface area contributed by atoms with Gasteiger partial charge in [0, 0.05) is 5.92 Å². The lowest BCUT2D eigenvalue weighted by Gasteiger charge is -2.07. The second-order valence-corrected chi connectivity index (χ2v) is 4.52. The van der Waals surface area contributed by atoms with E-state index in [1.54, 1.807) is 0 Å². The van der Waals surface area contributed by atoms with Crippen LogP contribution in [0.4, 0.5) is 0 Å². The molecule has 1 unspecified atom stereocenters. The van der Waals surface area contributed by atoms with Crippen molar-refractivity contribution in [2.24, 2.45) is 5.92 Å². The molecule has 0 heterocycles. The molecule has 1 atom stereocenters. The molecule has 1 heteroatoms. The van der Waals surface area contributed by atoms with Gasteiger partial charge in [0.1, 0.15) is 0 Å². The Balaban J connectivity index is 3.27. The van der Waals surface area contributed by atoms with Crippen LogP contribution in [0.25, 0.3) is 0 Å². The molecule has 0 bridgehead atoms. The van der Waals surface area contributed by atoms with Crippen molar-refractivity contribution >= 4 is 0 Å². The molecule has 0 N–H and O–H groups in total. The molecule has 1 nitrogen and oxygen atoms in total. The highest BCUT2D eigenvalue weighted by molar-refractivity contribution is 4.82. The van der Waals surface area contributed by atoms with Gasteiger partial charge in [-0.25, -0.2) is 0 Å². The van der Waals surface area contributed by atoms with E-state index in [9.17, 15) is 0 Å². The van der Waals surface area contributed by atoms with Crippen molar-refractivity contribution in [1.82, 2.24) is 0 Å². The van der Waals surface area contributed by atoms with Crippen LogP contribution in [0.5, 0.6) is 0 Å². The molecule has 0 aliphatic carbocycles. The third kappa shape index (κ3) is 9.79. The minimum atomic E-state index is 0.330. The first-order valence-electron chi connectivity index (χ1n) is 6.74. The maximum Gasteiger partial charge on any atom is 0.0655 e. The summed E-state index contributed by atoms with van der Waals surface area (Å²) in [5, 5.41) is 8.94. The number of hydrogen-bond donors (Lipinski definition) is 0. The topological polar surface area (TPSA) is 23.8 Å². The fraction of sp³-hybridized carbons (Fsp3) is 0.929. The third-order valence-corrected chi connectivity index (χ3v) is 2.99. The van der Waals surface area contributed by atoms with Crippen LogP contribution >= 0.6 is 0 Å². The van der Waals surface area contributed by atoms with Gasteiger partial charge in [0.2, 0.25) is 0 Å². The molecule has 0 aromatic carbocycles. The SMILES string of the molecule is CCCCCCCCC(C#N)CCCC. The number of unbranched alkanes of at least 4 members (excludes halogenated alkanes) is 6. The van der Waals surface area contributed by atoms with E-state index in [4.69, 9.17) is 5.26 Å². The largest absolute Gasteiger partial charge is 0.198 e. The van der Waals surface area contributed by atoms with Crippen molar-refractivity contribution < 1.29 is 0 Å². The Morgan fingerprint density at radius 2 is 1.33 bits per heavy atom. The van der Waals surface area contributed by atoms with Crippen LogP contribution in [0, 0.1) is 17.2 Å². The lowest BCUT2D eigenvalue weighted by Crippen LogP contribution is -1.96. The van der Waals surface area contributed by atoms with Crippen molar-refractivity contribution in [2.75, 3.05) is 0 Å². The Kier molecular flexibility index (Phi) is 11.2. The van der Waals surface area contributed by atoms with Crippen molar-refractivity contribution in [2.45, 2.75) is 78.1 Å². The molecule has 0 saturated heterocycles. The summed E-state index contributed by atoms with van der Waals surface area (Å²) < 4.78 is 0.